The number of amides is 1. The molecule has 8 nitrogen and oxygen atoms in total. The monoisotopic (exact) mass is 436 g/mol. The quantitative estimate of drug-likeness (QED) is 0.404. The number of aromatic nitrogens is 3. The zero-order valence-corrected chi connectivity index (χ0v) is 17.4. The SMILES string of the molecule is O=C(CCn1c(=S)[nH]c2cc3c(cc2c1=O)OCO3)NCCc1c[nH]c2ccccc12. The molecule has 0 spiro atoms. The minimum absolute atomic E-state index is 0.124. The molecule has 2 aromatic carbocycles. The Bertz CT molecular complexity index is 1420. The van der Waals surface area contributed by atoms with Crippen molar-refractivity contribution >= 4 is 39.9 Å². The fourth-order valence-electron chi connectivity index (χ4n) is 3.82. The van der Waals surface area contributed by atoms with Crippen LogP contribution in [0.1, 0.15) is 12.0 Å². The molecule has 1 amide bonds. The summed E-state index contributed by atoms with van der Waals surface area (Å²) in [6.45, 7) is 0.834. The largest absolute Gasteiger partial charge is 0.454 e. The molecule has 2 aromatic heterocycles. The van der Waals surface area contributed by atoms with E-state index >= 15 is 0 Å². The Labute approximate surface area is 181 Å². The number of para-hydroxylation sites is 1. The first-order valence-electron chi connectivity index (χ1n) is 9.98. The Morgan fingerprint density at radius 2 is 1.94 bits per heavy atom. The van der Waals surface area contributed by atoms with Gasteiger partial charge in [-0.05, 0) is 36.3 Å². The van der Waals surface area contributed by atoms with Crippen molar-refractivity contribution < 1.29 is 14.3 Å². The third-order valence-electron chi connectivity index (χ3n) is 5.43. The van der Waals surface area contributed by atoms with Gasteiger partial charge in [-0.25, -0.2) is 0 Å². The summed E-state index contributed by atoms with van der Waals surface area (Å²) in [4.78, 5) is 31.5. The predicted molar refractivity (Wildman–Crippen MR) is 119 cm³/mol. The lowest BCUT2D eigenvalue weighted by Crippen LogP contribution is -2.29. The van der Waals surface area contributed by atoms with Gasteiger partial charge >= 0.3 is 0 Å². The molecule has 0 saturated heterocycles. The van der Waals surface area contributed by atoms with E-state index in [0.29, 0.717) is 28.9 Å². The van der Waals surface area contributed by atoms with E-state index in [2.05, 4.69) is 21.4 Å². The number of rotatable bonds is 6. The molecule has 1 aliphatic rings. The van der Waals surface area contributed by atoms with Crippen LogP contribution in [0.2, 0.25) is 0 Å². The van der Waals surface area contributed by atoms with Crippen LogP contribution in [0, 0.1) is 4.77 Å². The highest BCUT2D eigenvalue weighted by Gasteiger charge is 2.17. The number of hydrogen-bond donors (Lipinski definition) is 3. The third kappa shape index (κ3) is 3.68. The number of carbonyl (C=O) groups is 1. The summed E-state index contributed by atoms with van der Waals surface area (Å²) >= 11 is 5.33. The van der Waals surface area contributed by atoms with E-state index in [9.17, 15) is 9.59 Å². The molecule has 0 bridgehead atoms. The van der Waals surface area contributed by atoms with Crippen molar-refractivity contribution in [2.24, 2.45) is 0 Å². The second-order valence-electron chi connectivity index (χ2n) is 7.35. The molecule has 1 aliphatic heterocycles. The van der Waals surface area contributed by atoms with Crippen LogP contribution < -0.4 is 20.3 Å². The molecule has 0 atom stereocenters. The molecule has 31 heavy (non-hydrogen) atoms. The van der Waals surface area contributed by atoms with E-state index in [0.717, 1.165) is 22.9 Å². The Kier molecular flexibility index (Phi) is 4.95. The normalized spacial score (nSPS) is 12.5. The summed E-state index contributed by atoms with van der Waals surface area (Å²) in [6, 6.07) is 11.4. The van der Waals surface area contributed by atoms with Crippen molar-refractivity contribution in [2.75, 3.05) is 13.3 Å². The number of aromatic amines is 2. The number of H-pyrrole nitrogens is 2. The van der Waals surface area contributed by atoms with Crippen molar-refractivity contribution in [1.29, 1.82) is 0 Å². The zero-order chi connectivity index (χ0) is 21.4. The van der Waals surface area contributed by atoms with E-state index in [-0.39, 0.29) is 36.0 Å². The highest BCUT2D eigenvalue weighted by molar-refractivity contribution is 7.71. The van der Waals surface area contributed by atoms with Gasteiger partial charge in [0, 0.05) is 42.7 Å². The van der Waals surface area contributed by atoms with E-state index in [4.69, 9.17) is 21.7 Å². The van der Waals surface area contributed by atoms with Gasteiger partial charge in [-0.3, -0.25) is 14.2 Å². The molecule has 158 valence electrons. The van der Waals surface area contributed by atoms with Crippen molar-refractivity contribution in [1.82, 2.24) is 19.9 Å². The van der Waals surface area contributed by atoms with Gasteiger partial charge in [0.2, 0.25) is 12.7 Å². The maximum Gasteiger partial charge on any atom is 0.262 e. The van der Waals surface area contributed by atoms with Gasteiger partial charge in [0.25, 0.3) is 5.56 Å². The second kappa shape index (κ2) is 7.92. The number of ether oxygens (including phenoxy) is 2. The van der Waals surface area contributed by atoms with Crippen molar-refractivity contribution in [3.05, 3.63) is 63.3 Å². The van der Waals surface area contributed by atoms with Crippen LogP contribution in [0.5, 0.6) is 11.5 Å². The Hall–Kier alpha value is -3.59. The van der Waals surface area contributed by atoms with Gasteiger partial charge in [-0.1, -0.05) is 18.2 Å². The molecule has 9 heteroatoms. The summed E-state index contributed by atoms with van der Waals surface area (Å²) in [6.07, 6.45) is 2.84. The first kappa shape index (κ1) is 19.4. The van der Waals surface area contributed by atoms with E-state index in [1.807, 2.05) is 24.4 Å². The van der Waals surface area contributed by atoms with Gasteiger partial charge in [-0.15, -0.1) is 0 Å². The average molecular weight is 436 g/mol. The lowest BCUT2D eigenvalue weighted by atomic mass is 10.1. The van der Waals surface area contributed by atoms with E-state index in [1.54, 1.807) is 12.1 Å². The Morgan fingerprint density at radius 1 is 1.13 bits per heavy atom. The second-order valence-corrected chi connectivity index (χ2v) is 7.73. The molecule has 5 rings (SSSR count). The molecule has 3 heterocycles. The number of hydrogen-bond acceptors (Lipinski definition) is 5. The van der Waals surface area contributed by atoms with Gasteiger partial charge in [0.1, 0.15) is 0 Å². The third-order valence-corrected chi connectivity index (χ3v) is 5.75. The van der Waals surface area contributed by atoms with Crippen LogP contribution in [0.15, 0.2) is 47.4 Å². The maximum atomic E-state index is 12.9. The van der Waals surface area contributed by atoms with Crippen LogP contribution in [-0.4, -0.2) is 33.8 Å². The summed E-state index contributed by atoms with van der Waals surface area (Å²) in [5.74, 6) is 0.966. The van der Waals surface area contributed by atoms with Crippen LogP contribution >= 0.6 is 12.2 Å². The number of nitrogens with one attached hydrogen (secondary N) is 3. The summed E-state index contributed by atoms with van der Waals surface area (Å²) in [5.41, 5.74) is 2.56. The predicted octanol–water partition coefficient (Wildman–Crippen LogP) is 3.02. The van der Waals surface area contributed by atoms with Crippen LogP contribution in [-0.2, 0) is 17.8 Å². The van der Waals surface area contributed by atoms with Gasteiger partial charge in [0.15, 0.2) is 16.3 Å². The number of fused-ring (bicyclic) bond motifs is 3. The highest BCUT2D eigenvalue weighted by atomic mass is 32.1. The zero-order valence-electron chi connectivity index (χ0n) is 16.6. The molecule has 0 unspecified atom stereocenters. The lowest BCUT2D eigenvalue weighted by molar-refractivity contribution is -0.121. The summed E-state index contributed by atoms with van der Waals surface area (Å²) in [7, 11) is 0. The molecule has 0 saturated carbocycles. The first-order valence-corrected chi connectivity index (χ1v) is 10.4. The fourth-order valence-corrected chi connectivity index (χ4v) is 4.11. The number of benzene rings is 2. The molecule has 4 aromatic rings. The van der Waals surface area contributed by atoms with Crippen molar-refractivity contribution in [3.63, 3.8) is 0 Å². The highest BCUT2D eigenvalue weighted by Crippen LogP contribution is 2.34. The molecule has 3 N–H and O–H groups in total. The maximum absolute atomic E-state index is 12.9. The van der Waals surface area contributed by atoms with Crippen LogP contribution in [0.4, 0.5) is 0 Å². The fraction of sp³-hybridized carbons (Fsp3) is 0.227. The Morgan fingerprint density at radius 3 is 2.81 bits per heavy atom. The summed E-state index contributed by atoms with van der Waals surface area (Å²) in [5, 5.41) is 4.52. The van der Waals surface area contributed by atoms with E-state index < -0.39 is 0 Å². The number of carbonyl (C=O) groups excluding carboxylic acids is 1. The van der Waals surface area contributed by atoms with Crippen molar-refractivity contribution in [3.8, 4) is 11.5 Å². The molecule has 0 radical (unpaired) electrons. The minimum Gasteiger partial charge on any atom is -0.454 e. The van der Waals surface area contributed by atoms with Gasteiger partial charge < -0.3 is 24.8 Å². The summed E-state index contributed by atoms with van der Waals surface area (Å²) < 4.78 is 12.4. The van der Waals surface area contributed by atoms with Gasteiger partial charge in [-0.2, -0.15) is 0 Å². The smallest absolute Gasteiger partial charge is 0.262 e. The van der Waals surface area contributed by atoms with E-state index in [1.165, 1.54) is 4.57 Å². The van der Waals surface area contributed by atoms with Crippen LogP contribution in [0.3, 0.4) is 0 Å². The molecule has 0 fully saturated rings. The molecule has 0 aliphatic carbocycles. The number of nitrogens with zero attached hydrogens (tertiary/aromatic N) is 1. The minimum atomic E-state index is -0.261. The Balaban J connectivity index is 1.24. The first-order chi connectivity index (χ1) is 15.1. The average Bonchev–Trinajstić information content (AvgIpc) is 3.39. The lowest BCUT2D eigenvalue weighted by Gasteiger charge is -2.09. The van der Waals surface area contributed by atoms with Crippen LogP contribution in [0.25, 0.3) is 21.8 Å². The standard InChI is InChI=1S/C22H20N4O4S/c27-20(23-7-5-13-11-24-16-4-2-1-3-14(13)16)6-8-26-21(28)15-9-18-19(30-12-29-18)10-17(15)25-22(26)31/h1-4,9-11,24H,5-8,12H2,(H,23,27)(H,25,31). The van der Waals surface area contributed by atoms with Crippen molar-refractivity contribution in [2.45, 2.75) is 19.4 Å². The topological polar surface area (TPSA) is 101 Å². The van der Waals surface area contributed by atoms with Gasteiger partial charge in [0.05, 0.1) is 10.9 Å². The molecular formula is C22H20N4O4S. The molecular weight excluding hydrogens is 416 g/mol.